The maximum atomic E-state index is 6.08. The smallest absolute Gasteiger partial charge is 0.207 e. The Hall–Kier alpha value is -0.140. The summed E-state index contributed by atoms with van der Waals surface area (Å²) in [5, 5.41) is 0. The average Bonchev–Trinajstić information content (AvgIpc) is 2.61. The molecule has 0 spiro atoms. The molecule has 1 fully saturated rings. The Balaban J connectivity index is 0.00000121. The van der Waals surface area contributed by atoms with E-state index in [0.717, 1.165) is 5.57 Å². The van der Waals surface area contributed by atoms with E-state index in [4.69, 9.17) is 15.8 Å². The summed E-state index contributed by atoms with van der Waals surface area (Å²) in [5.74, 6) is 0. The third kappa shape index (κ3) is 4.56. The summed E-state index contributed by atoms with van der Waals surface area (Å²) in [7, 11) is 1.04. The summed E-state index contributed by atoms with van der Waals surface area (Å²) in [5.41, 5.74) is 1.15. The van der Waals surface area contributed by atoms with Crippen LogP contribution in [0, 0.1) is 0 Å². The van der Waals surface area contributed by atoms with Crippen molar-refractivity contribution < 1.29 is 4.52 Å². The van der Waals surface area contributed by atoms with E-state index in [0.29, 0.717) is 6.04 Å². The van der Waals surface area contributed by atoms with Gasteiger partial charge in [0.1, 0.15) is 6.10 Å². The Kier molecular flexibility index (Phi) is 8.81. The Morgan fingerprint density at radius 3 is 2.41 bits per heavy atom. The average molecular weight is 276 g/mol. The molecule has 0 N–H and O–H groups in total. The van der Waals surface area contributed by atoms with E-state index < -0.39 is 7.65 Å². The first-order chi connectivity index (χ1) is 8.11. The van der Waals surface area contributed by atoms with Gasteiger partial charge in [-0.15, -0.1) is 0 Å². The summed E-state index contributed by atoms with van der Waals surface area (Å²) < 4.78 is 7.81. The van der Waals surface area contributed by atoms with Crippen molar-refractivity contribution >= 4 is 18.9 Å². The van der Waals surface area contributed by atoms with Crippen molar-refractivity contribution in [2.24, 2.45) is 0 Å². The SMILES string of the molecule is C=C/C=C\C(=C/C)C1OP(Cl)N(C)C1C.CC. The van der Waals surface area contributed by atoms with Crippen LogP contribution in [0.2, 0.25) is 0 Å². The monoisotopic (exact) mass is 275 g/mol. The molecule has 0 bridgehead atoms. The van der Waals surface area contributed by atoms with Crippen LogP contribution in [0.1, 0.15) is 27.7 Å². The molecule has 17 heavy (non-hydrogen) atoms. The molecule has 1 aliphatic heterocycles. The molecule has 1 heterocycles. The van der Waals surface area contributed by atoms with Crippen LogP contribution in [0.3, 0.4) is 0 Å². The van der Waals surface area contributed by atoms with E-state index in [1.54, 1.807) is 6.08 Å². The molecule has 0 aromatic carbocycles. The summed E-state index contributed by atoms with van der Waals surface area (Å²) in [4.78, 5) is 0. The van der Waals surface area contributed by atoms with E-state index in [1.807, 2.05) is 40.0 Å². The molecule has 0 aliphatic carbocycles. The van der Waals surface area contributed by atoms with Gasteiger partial charge in [0.15, 0.2) is 0 Å². The largest absolute Gasteiger partial charge is 0.322 e. The standard InChI is InChI=1S/C11H17ClNOP.C2H6/c1-5-7-8-10(6-2)11-9(3)13(4)15(12)14-11;1-2/h5-9,11H,1H2,2-4H3;1-2H3/b8-7-,10-6+;. The van der Waals surface area contributed by atoms with Crippen LogP contribution in [-0.4, -0.2) is 23.9 Å². The number of rotatable bonds is 3. The lowest BCUT2D eigenvalue weighted by Crippen LogP contribution is -2.28. The van der Waals surface area contributed by atoms with Crippen molar-refractivity contribution in [1.82, 2.24) is 4.67 Å². The van der Waals surface area contributed by atoms with E-state index >= 15 is 0 Å². The maximum Gasteiger partial charge on any atom is 0.207 e. The molecule has 0 radical (unpaired) electrons. The predicted octanol–water partition coefficient (Wildman–Crippen LogP) is 4.89. The van der Waals surface area contributed by atoms with E-state index in [9.17, 15) is 0 Å². The maximum absolute atomic E-state index is 6.08. The van der Waals surface area contributed by atoms with Crippen molar-refractivity contribution in [2.45, 2.75) is 39.8 Å². The second-order valence-corrected chi connectivity index (χ2v) is 5.61. The van der Waals surface area contributed by atoms with Crippen LogP contribution in [0.25, 0.3) is 0 Å². The highest BCUT2D eigenvalue weighted by Crippen LogP contribution is 2.55. The van der Waals surface area contributed by atoms with Gasteiger partial charge >= 0.3 is 0 Å². The molecule has 0 aromatic rings. The van der Waals surface area contributed by atoms with Gasteiger partial charge in [-0.1, -0.05) is 44.7 Å². The lowest BCUT2D eigenvalue weighted by atomic mass is 10.0. The number of halogens is 1. The molecule has 1 saturated heterocycles. The number of allylic oxidation sites excluding steroid dienone is 3. The summed E-state index contributed by atoms with van der Waals surface area (Å²) in [6.07, 6.45) is 7.82. The van der Waals surface area contributed by atoms with Gasteiger partial charge in [-0.25, -0.2) is 4.67 Å². The van der Waals surface area contributed by atoms with Gasteiger partial charge in [0.05, 0.1) is 0 Å². The zero-order valence-corrected chi connectivity index (χ0v) is 13.0. The lowest BCUT2D eigenvalue weighted by molar-refractivity contribution is 0.256. The van der Waals surface area contributed by atoms with Crippen LogP contribution in [0.5, 0.6) is 0 Å². The number of nitrogens with zero attached hydrogens (tertiary/aromatic N) is 1. The molecule has 0 amide bonds. The first-order valence-corrected chi connectivity index (χ1v) is 8.04. The molecular weight excluding hydrogens is 253 g/mol. The highest BCUT2D eigenvalue weighted by Gasteiger charge is 2.37. The van der Waals surface area contributed by atoms with Gasteiger partial charge < -0.3 is 4.52 Å². The molecule has 0 aromatic heterocycles. The minimum absolute atomic E-state index is 0.0693. The van der Waals surface area contributed by atoms with Crippen LogP contribution in [-0.2, 0) is 4.52 Å². The normalized spacial score (nSPS) is 30.2. The minimum Gasteiger partial charge on any atom is -0.322 e. The number of likely N-dealkylation sites (N-methyl/N-ethyl adjacent to an activating group) is 1. The van der Waals surface area contributed by atoms with Gasteiger partial charge in [0.2, 0.25) is 7.65 Å². The molecule has 1 aliphatic rings. The topological polar surface area (TPSA) is 12.5 Å². The molecular formula is C13H23ClNOP. The van der Waals surface area contributed by atoms with Crippen LogP contribution >= 0.6 is 18.9 Å². The van der Waals surface area contributed by atoms with Crippen LogP contribution in [0.4, 0.5) is 0 Å². The van der Waals surface area contributed by atoms with Crippen molar-refractivity contribution in [3.63, 3.8) is 0 Å². The van der Waals surface area contributed by atoms with Crippen molar-refractivity contribution in [3.8, 4) is 0 Å². The summed E-state index contributed by atoms with van der Waals surface area (Å²) in [6.45, 7) is 11.8. The minimum atomic E-state index is -0.953. The first kappa shape index (κ1) is 16.9. The van der Waals surface area contributed by atoms with Crippen LogP contribution < -0.4 is 0 Å². The van der Waals surface area contributed by atoms with Gasteiger partial charge in [0.25, 0.3) is 0 Å². The Morgan fingerprint density at radius 2 is 2.06 bits per heavy atom. The summed E-state index contributed by atoms with van der Waals surface area (Å²) >= 11 is 6.08. The Labute approximate surface area is 112 Å². The zero-order chi connectivity index (χ0) is 13.4. The number of hydrogen-bond acceptors (Lipinski definition) is 2. The third-order valence-electron chi connectivity index (χ3n) is 2.56. The van der Waals surface area contributed by atoms with E-state index in [-0.39, 0.29) is 6.10 Å². The second-order valence-electron chi connectivity index (χ2n) is 3.45. The third-order valence-corrected chi connectivity index (χ3v) is 4.78. The molecule has 4 heteroatoms. The zero-order valence-electron chi connectivity index (χ0n) is 11.4. The highest BCUT2D eigenvalue weighted by atomic mass is 35.7. The summed E-state index contributed by atoms with van der Waals surface area (Å²) in [6, 6.07) is 0.314. The van der Waals surface area contributed by atoms with Crippen molar-refractivity contribution in [3.05, 3.63) is 36.5 Å². The fourth-order valence-electron chi connectivity index (χ4n) is 1.47. The molecule has 0 saturated carbocycles. The Morgan fingerprint density at radius 1 is 1.47 bits per heavy atom. The predicted molar refractivity (Wildman–Crippen MR) is 79.3 cm³/mol. The second kappa shape index (κ2) is 8.88. The van der Waals surface area contributed by atoms with Crippen molar-refractivity contribution in [1.29, 1.82) is 0 Å². The number of hydrogen-bond donors (Lipinski definition) is 0. The fraction of sp³-hybridized carbons (Fsp3) is 0.538. The highest BCUT2D eigenvalue weighted by molar-refractivity contribution is 7.78. The van der Waals surface area contributed by atoms with Gasteiger partial charge in [-0.3, -0.25) is 0 Å². The molecule has 3 unspecified atom stereocenters. The van der Waals surface area contributed by atoms with Crippen LogP contribution in [0.15, 0.2) is 36.5 Å². The lowest BCUT2D eigenvalue weighted by Gasteiger charge is -2.18. The van der Waals surface area contributed by atoms with Gasteiger partial charge in [-0.2, -0.15) is 0 Å². The van der Waals surface area contributed by atoms with E-state index in [2.05, 4.69) is 24.2 Å². The molecule has 1 rings (SSSR count). The quantitative estimate of drug-likeness (QED) is 0.537. The molecule has 3 atom stereocenters. The Bertz CT molecular complexity index is 291. The van der Waals surface area contributed by atoms with E-state index in [1.165, 1.54) is 0 Å². The first-order valence-electron chi connectivity index (χ1n) is 5.92. The van der Waals surface area contributed by atoms with Gasteiger partial charge in [-0.05, 0) is 37.7 Å². The molecule has 98 valence electrons. The molecule has 2 nitrogen and oxygen atoms in total. The van der Waals surface area contributed by atoms with Crippen molar-refractivity contribution in [2.75, 3.05) is 7.05 Å². The van der Waals surface area contributed by atoms with Gasteiger partial charge in [0, 0.05) is 6.04 Å². The fourth-order valence-corrected chi connectivity index (χ4v) is 3.18.